The van der Waals surface area contributed by atoms with Gasteiger partial charge in [0, 0.05) is 34.1 Å². The quantitative estimate of drug-likeness (QED) is 0.244. The van der Waals surface area contributed by atoms with E-state index in [-0.39, 0.29) is 39.3 Å². The van der Waals surface area contributed by atoms with E-state index >= 15 is 0 Å². The van der Waals surface area contributed by atoms with Crippen LogP contribution < -0.4 is 14.8 Å². The first-order valence-corrected chi connectivity index (χ1v) is 14.1. The van der Waals surface area contributed by atoms with Crippen LogP contribution in [0.4, 0.5) is 20.2 Å². The molecular formula is C23H16BrClF2N4O4S2. The van der Waals surface area contributed by atoms with Crippen LogP contribution in [-0.2, 0) is 16.6 Å². The van der Waals surface area contributed by atoms with Crippen LogP contribution in [0.15, 0.2) is 58.8 Å². The van der Waals surface area contributed by atoms with Crippen molar-refractivity contribution >= 4 is 66.2 Å². The minimum Gasteiger partial charge on any atom is -0.486 e. The summed E-state index contributed by atoms with van der Waals surface area (Å²) in [6.07, 6.45) is 4.48. The van der Waals surface area contributed by atoms with Gasteiger partial charge >= 0.3 is 0 Å². The summed E-state index contributed by atoms with van der Waals surface area (Å²) in [5.41, 5.74) is 1.61. The molecule has 3 aromatic heterocycles. The fourth-order valence-corrected chi connectivity index (χ4v) is 5.58. The molecule has 37 heavy (non-hydrogen) atoms. The molecule has 0 aliphatic carbocycles. The molecule has 0 bridgehead atoms. The van der Waals surface area contributed by atoms with Gasteiger partial charge in [-0.15, -0.1) is 11.3 Å². The number of ether oxygens (including phenoxy) is 1. The molecule has 0 atom stereocenters. The molecule has 0 saturated heterocycles. The SMILES string of the molecule is CS(=O)(=O)Nc1cc(Cl)cc(NC(=O)c2cc(-c3ncc(F)cc3OCc3cncc(F)c3)c(Br)s2)c1. The van der Waals surface area contributed by atoms with Gasteiger partial charge < -0.3 is 10.1 Å². The Hall–Kier alpha value is -3.13. The minimum atomic E-state index is -3.55. The van der Waals surface area contributed by atoms with Crippen molar-refractivity contribution in [1.29, 1.82) is 0 Å². The average molecular weight is 630 g/mol. The molecule has 8 nitrogen and oxygen atoms in total. The fourth-order valence-electron chi connectivity index (χ4n) is 3.20. The van der Waals surface area contributed by atoms with Gasteiger partial charge in [0.1, 0.15) is 29.7 Å². The summed E-state index contributed by atoms with van der Waals surface area (Å²) < 4.78 is 59.0. The van der Waals surface area contributed by atoms with Gasteiger partial charge in [0.15, 0.2) is 0 Å². The van der Waals surface area contributed by atoms with Crippen molar-refractivity contribution in [2.75, 3.05) is 16.3 Å². The smallest absolute Gasteiger partial charge is 0.265 e. The van der Waals surface area contributed by atoms with Crippen LogP contribution in [-0.4, -0.2) is 30.5 Å². The highest BCUT2D eigenvalue weighted by Gasteiger charge is 2.20. The molecule has 4 rings (SSSR count). The van der Waals surface area contributed by atoms with E-state index < -0.39 is 27.6 Å². The Balaban J connectivity index is 1.58. The highest BCUT2D eigenvalue weighted by atomic mass is 79.9. The van der Waals surface area contributed by atoms with Gasteiger partial charge in [-0.1, -0.05) is 11.6 Å². The maximum absolute atomic E-state index is 14.0. The number of anilines is 2. The highest BCUT2D eigenvalue weighted by Crippen LogP contribution is 2.40. The topological polar surface area (TPSA) is 110 Å². The number of hydrogen-bond acceptors (Lipinski definition) is 7. The molecule has 192 valence electrons. The normalized spacial score (nSPS) is 11.3. The van der Waals surface area contributed by atoms with Gasteiger partial charge in [-0.05, 0) is 46.3 Å². The number of carbonyl (C=O) groups is 1. The summed E-state index contributed by atoms with van der Waals surface area (Å²) in [4.78, 5) is 21.1. The number of benzene rings is 1. The third-order valence-corrected chi connectivity index (χ3v) is 7.26. The van der Waals surface area contributed by atoms with Gasteiger partial charge in [-0.25, -0.2) is 22.2 Å². The second kappa shape index (κ2) is 11.1. The molecule has 0 unspecified atom stereocenters. The molecule has 0 radical (unpaired) electrons. The van der Waals surface area contributed by atoms with E-state index in [1.54, 1.807) is 6.07 Å². The van der Waals surface area contributed by atoms with Gasteiger partial charge in [0.2, 0.25) is 10.0 Å². The van der Waals surface area contributed by atoms with Crippen LogP contribution in [0.1, 0.15) is 15.2 Å². The lowest BCUT2D eigenvalue weighted by atomic mass is 10.2. The Labute approximate surface area is 227 Å². The summed E-state index contributed by atoms with van der Waals surface area (Å²) in [5, 5.41) is 2.88. The zero-order valence-corrected chi connectivity index (χ0v) is 22.7. The summed E-state index contributed by atoms with van der Waals surface area (Å²) in [6, 6.07) is 8.21. The van der Waals surface area contributed by atoms with E-state index in [2.05, 4.69) is 35.9 Å². The number of sulfonamides is 1. The lowest BCUT2D eigenvalue weighted by molar-refractivity contribution is 0.103. The molecule has 0 aliphatic rings. The van der Waals surface area contributed by atoms with Crippen LogP contribution in [0.3, 0.4) is 0 Å². The largest absolute Gasteiger partial charge is 0.486 e. The molecule has 2 N–H and O–H groups in total. The zero-order chi connectivity index (χ0) is 26.7. The van der Waals surface area contributed by atoms with Crippen molar-refractivity contribution in [3.05, 3.63) is 85.9 Å². The first kappa shape index (κ1) is 26.9. The first-order valence-electron chi connectivity index (χ1n) is 10.2. The van der Waals surface area contributed by atoms with E-state index in [1.807, 2.05) is 0 Å². The number of nitrogens with zero attached hydrogens (tertiary/aromatic N) is 2. The van der Waals surface area contributed by atoms with Gasteiger partial charge in [-0.3, -0.25) is 14.5 Å². The Bertz CT molecular complexity index is 1600. The molecule has 0 aliphatic heterocycles. The Morgan fingerprint density at radius 2 is 1.81 bits per heavy atom. The molecule has 0 saturated carbocycles. The standard InChI is InChI=1S/C23H16BrClF2N4O4S2/c1-37(33,34)31-17-4-13(25)3-16(6-17)30-23(32)20-7-18(22(24)36-20)21-19(5-15(27)10-29-21)35-11-12-2-14(26)9-28-8-12/h2-10,31H,11H2,1H3,(H,30,32). The van der Waals surface area contributed by atoms with Crippen LogP contribution in [0.5, 0.6) is 5.75 Å². The number of halogens is 4. The summed E-state index contributed by atoms with van der Waals surface area (Å²) in [5.74, 6) is -1.59. The zero-order valence-electron chi connectivity index (χ0n) is 18.8. The predicted octanol–water partition coefficient (Wildman–Crippen LogP) is 6.10. The van der Waals surface area contributed by atoms with E-state index in [4.69, 9.17) is 16.3 Å². The first-order chi connectivity index (χ1) is 17.5. The second-order valence-electron chi connectivity index (χ2n) is 7.66. The van der Waals surface area contributed by atoms with Crippen molar-refractivity contribution in [2.45, 2.75) is 6.61 Å². The maximum Gasteiger partial charge on any atom is 0.265 e. The van der Waals surface area contributed by atoms with Crippen LogP contribution in [0, 0.1) is 11.6 Å². The van der Waals surface area contributed by atoms with Gasteiger partial charge in [-0.2, -0.15) is 0 Å². The molecular weight excluding hydrogens is 614 g/mol. The molecule has 0 fully saturated rings. The molecule has 14 heteroatoms. The second-order valence-corrected chi connectivity index (χ2v) is 12.2. The lowest BCUT2D eigenvalue weighted by Crippen LogP contribution is -2.12. The van der Waals surface area contributed by atoms with E-state index in [1.165, 1.54) is 30.5 Å². The van der Waals surface area contributed by atoms with Crippen molar-refractivity contribution in [3.8, 4) is 17.0 Å². The van der Waals surface area contributed by atoms with Crippen molar-refractivity contribution in [3.63, 3.8) is 0 Å². The number of carbonyl (C=O) groups excluding carboxylic acids is 1. The van der Waals surface area contributed by atoms with Gasteiger partial charge in [0.25, 0.3) is 5.91 Å². The van der Waals surface area contributed by atoms with Gasteiger partial charge in [0.05, 0.1) is 33.0 Å². The van der Waals surface area contributed by atoms with Crippen molar-refractivity contribution < 1.29 is 26.7 Å². The van der Waals surface area contributed by atoms with Crippen molar-refractivity contribution in [1.82, 2.24) is 9.97 Å². The average Bonchev–Trinajstić information content (AvgIpc) is 3.18. The minimum absolute atomic E-state index is 0.0843. The highest BCUT2D eigenvalue weighted by molar-refractivity contribution is 9.11. The maximum atomic E-state index is 14.0. The number of hydrogen-bond donors (Lipinski definition) is 2. The number of pyridine rings is 2. The monoisotopic (exact) mass is 628 g/mol. The number of nitrogens with one attached hydrogen (secondary N) is 2. The number of rotatable bonds is 8. The fraction of sp³-hybridized carbons (Fsp3) is 0.0870. The van der Waals surface area contributed by atoms with Crippen LogP contribution in [0.2, 0.25) is 5.02 Å². The Morgan fingerprint density at radius 1 is 1.08 bits per heavy atom. The van der Waals surface area contributed by atoms with E-state index in [9.17, 15) is 22.0 Å². The molecule has 1 amide bonds. The molecule has 3 heterocycles. The summed E-state index contributed by atoms with van der Waals surface area (Å²) in [6.45, 7) is -0.0867. The predicted molar refractivity (Wildman–Crippen MR) is 142 cm³/mol. The van der Waals surface area contributed by atoms with Crippen LogP contribution >= 0.6 is 38.9 Å². The number of thiophene rings is 1. The summed E-state index contributed by atoms with van der Waals surface area (Å²) >= 11 is 10.6. The number of amides is 1. The van der Waals surface area contributed by atoms with E-state index in [0.717, 1.165) is 36.1 Å². The molecule has 1 aromatic carbocycles. The molecule has 4 aromatic rings. The van der Waals surface area contributed by atoms with Crippen molar-refractivity contribution in [2.24, 2.45) is 0 Å². The summed E-state index contributed by atoms with van der Waals surface area (Å²) in [7, 11) is -3.55. The van der Waals surface area contributed by atoms with E-state index in [0.29, 0.717) is 14.9 Å². The molecule has 0 spiro atoms. The Morgan fingerprint density at radius 3 is 2.54 bits per heavy atom. The van der Waals surface area contributed by atoms with Crippen LogP contribution in [0.25, 0.3) is 11.3 Å². The third kappa shape index (κ3) is 7.22. The number of aromatic nitrogens is 2. The lowest BCUT2D eigenvalue weighted by Gasteiger charge is -2.11. The third-order valence-electron chi connectivity index (χ3n) is 4.60. The Kier molecular flexibility index (Phi) is 8.07.